The molecule has 0 bridgehead atoms. The lowest BCUT2D eigenvalue weighted by molar-refractivity contribution is -0.112. The minimum atomic E-state index is 0.00639. The van der Waals surface area contributed by atoms with Crippen LogP contribution in [-0.4, -0.2) is 32.1 Å². The van der Waals surface area contributed by atoms with Gasteiger partial charge in [0.25, 0.3) is 0 Å². The zero-order valence-corrected chi connectivity index (χ0v) is 17.4. The predicted molar refractivity (Wildman–Crippen MR) is 117 cm³/mol. The summed E-state index contributed by atoms with van der Waals surface area (Å²) in [5.41, 5.74) is 5.12. The van der Waals surface area contributed by atoms with E-state index in [0.717, 1.165) is 27.9 Å². The number of nitrogens with zero attached hydrogens (tertiary/aromatic N) is 2. The van der Waals surface area contributed by atoms with Crippen LogP contribution in [0.15, 0.2) is 48.7 Å². The maximum atomic E-state index is 12.7. The number of aromatic nitrogens is 1. The molecule has 6 nitrogen and oxygen atoms in total. The summed E-state index contributed by atoms with van der Waals surface area (Å²) in [4.78, 5) is 17.2. The van der Waals surface area contributed by atoms with Crippen molar-refractivity contribution in [3.8, 4) is 34.4 Å². The van der Waals surface area contributed by atoms with Crippen molar-refractivity contribution >= 4 is 17.4 Å². The van der Waals surface area contributed by atoms with Gasteiger partial charge in [-0.25, -0.2) is 0 Å². The Morgan fingerprint density at radius 3 is 2.39 bits per heavy atom. The van der Waals surface area contributed by atoms with E-state index in [1.807, 2.05) is 30.3 Å². The Balaban J connectivity index is 1.81. The lowest BCUT2D eigenvalue weighted by atomic mass is 10.00. The van der Waals surface area contributed by atoms with Crippen LogP contribution in [0.2, 0.25) is 0 Å². The van der Waals surface area contributed by atoms with Gasteiger partial charge >= 0.3 is 0 Å². The average molecular weight is 412 g/mol. The van der Waals surface area contributed by atoms with Crippen molar-refractivity contribution in [1.82, 2.24) is 4.98 Å². The van der Waals surface area contributed by atoms with Crippen LogP contribution in [0.5, 0.6) is 17.2 Å². The summed E-state index contributed by atoms with van der Waals surface area (Å²) in [5.74, 6) is 1.60. The van der Waals surface area contributed by atoms with Crippen LogP contribution in [0.1, 0.15) is 22.4 Å². The third-order valence-corrected chi connectivity index (χ3v) is 5.21. The van der Waals surface area contributed by atoms with Gasteiger partial charge in [0.15, 0.2) is 17.3 Å². The second-order valence-corrected chi connectivity index (χ2v) is 7.03. The highest BCUT2D eigenvalue weighted by atomic mass is 16.5. The number of Topliss-reactive ketones (excluding diaryl/α,β-unsaturated/α-hetero) is 1. The maximum absolute atomic E-state index is 12.7. The molecule has 0 fully saturated rings. The highest BCUT2D eigenvalue weighted by molar-refractivity contribution is 6.29. The van der Waals surface area contributed by atoms with E-state index in [2.05, 4.69) is 11.1 Å². The molecule has 1 aliphatic rings. The molecule has 0 saturated heterocycles. The van der Waals surface area contributed by atoms with Crippen molar-refractivity contribution in [3.63, 3.8) is 0 Å². The number of allylic oxidation sites excluding steroid dienone is 1. The molecule has 154 valence electrons. The molecule has 1 heterocycles. The van der Waals surface area contributed by atoms with Crippen LogP contribution >= 0.6 is 0 Å². The van der Waals surface area contributed by atoms with Crippen LogP contribution in [-0.2, 0) is 11.2 Å². The molecule has 0 spiro atoms. The number of hydrogen-bond donors (Lipinski definition) is 0. The predicted octanol–water partition coefficient (Wildman–Crippen LogP) is 4.31. The molecule has 31 heavy (non-hydrogen) atoms. The number of carbonyl (C=O) groups excluding carboxylic acids is 1. The number of fused-ring (bicyclic) bond motifs is 1. The van der Waals surface area contributed by atoms with E-state index in [4.69, 9.17) is 19.5 Å². The maximum Gasteiger partial charge on any atom is 0.203 e. The zero-order valence-electron chi connectivity index (χ0n) is 17.4. The first-order valence-electron chi connectivity index (χ1n) is 9.62. The van der Waals surface area contributed by atoms with Crippen molar-refractivity contribution in [2.45, 2.75) is 6.42 Å². The van der Waals surface area contributed by atoms with Crippen molar-refractivity contribution in [1.29, 1.82) is 5.26 Å². The van der Waals surface area contributed by atoms with Crippen LogP contribution in [0.4, 0.5) is 0 Å². The van der Waals surface area contributed by atoms with Gasteiger partial charge in [-0.15, -0.1) is 0 Å². The minimum absolute atomic E-state index is 0.00639. The summed E-state index contributed by atoms with van der Waals surface area (Å²) in [5, 5.41) is 9.14. The second-order valence-electron chi connectivity index (χ2n) is 7.03. The molecular formula is C25H20N2O4. The summed E-state index contributed by atoms with van der Waals surface area (Å²) < 4.78 is 16.3. The van der Waals surface area contributed by atoms with Gasteiger partial charge < -0.3 is 14.2 Å². The van der Waals surface area contributed by atoms with Gasteiger partial charge in [-0.2, -0.15) is 5.26 Å². The quantitative estimate of drug-likeness (QED) is 0.581. The normalized spacial score (nSPS) is 13.6. The average Bonchev–Trinajstić information content (AvgIpc) is 3.12. The topological polar surface area (TPSA) is 81.4 Å². The number of carbonyl (C=O) groups is 1. The SMILES string of the molecule is COc1cc(-c2cnc3c(c2)C(=Cc2cccc(C#N)c2)C(=O)C3)cc(OC)c1OC. The molecule has 0 N–H and O–H groups in total. The van der Waals surface area contributed by atoms with Crippen LogP contribution in [0, 0.1) is 11.3 Å². The molecule has 0 atom stereocenters. The van der Waals surface area contributed by atoms with Crippen molar-refractivity contribution < 1.29 is 19.0 Å². The van der Waals surface area contributed by atoms with Crippen molar-refractivity contribution in [3.05, 3.63) is 71.0 Å². The van der Waals surface area contributed by atoms with Gasteiger partial charge in [0.2, 0.25) is 5.75 Å². The lowest BCUT2D eigenvalue weighted by Gasteiger charge is -2.14. The van der Waals surface area contributed by atoms with Gasteiger partial charge in [-0.1, -0.05) is 12.1 Å². The number of pyridine rings is 1. The molecule has 1 aliphatic carbocycles. The fraction of sp³-hybridized carbons (Fsp3) is 0.160. The third-order valence-electron chi connectivity index (χ3n) is 5.21. The van der Waals surface area contributed by atoms with Gasteiger partial charge in [-0.05, 0) is 47.5 Å². The Morgan fingerprint density at radius 1 is 1.00 bits per heavy atom. The smallest absolute Gasteiger partial charge is 0.203 e. The molecule has 0 aliphatic heterocycles. The first-order chi connectivity index (χ1) is 15.1. The van der Waals surface area contributed by atoms with E-state index in [9.17, 15) is 4.79 Å². The zero-order chi connectivity index (χ0) is 22.0. The third kappa shape index (κ3) is 3.74. The molecule has 0 saturated carbocycles. The molecule has 3 aromatic rings. The molecule has 6 heteroatoms. The van der Waals surface area contributed by atoms with Crippen molar-refractivity contribution in [2.75, 3.05) is 21.3 Å². The Morgan fingerprint density at radius 2 is 1.74 bits per heavy atom. The Bertz CT molecular complexity index is 1230. The monoisotopic (exact) mass is 412 g/mol. The summed E-state index contributed by atoms with van der Waals surface area (Å²) in [6.45, 7) is 0. The first-order valence-corrected chi connectivity index (χ1v) is 9.62. The molecule has 4 rings (SSSR count). The van der Waals surface area contributed by atoms with Gasteiger partial charge in [0, 0.05) is 22.9 Å². The number of rotatable bonds is 5. The lowest BCUT2D eigenvalue weighted by Crippen LogP contribution is -1.96. The largest absolute Gasteiger partial charge is 0.493 e. The van der Waals surface area contributed by atoms with E-state index in [1.54, 1.807) is 45.7 Å². The number of hydrogen-bond acceptors (Lipinski definition) is 6. The van der Waals surface area contributed by atoms with Gasteiger partial charge in [0.1, 0.15) is 0 Å². The highest BCUT2D eigenvalue weighted by Gasteiger charge is 2.26. The molecule has 0 unspecified atom stereocenters. The Labute approximate surface area is 180 Å². The van der Waals surface area contributed by atoms with Crippen LogP contribution in [0.3, 0.4) is 0 Å². The fourth-order valence-electron chi connectivity index (χ4n) is 3.69. The standard InChI is InChI=1S/C25H20N2O4/c1-29-23-10-17(11-24(30-2)25(23)31-3)18-9-19-20(22(28)12-21(19)27-14-18)8-15-5-4-6-16(7-15)13-26/h4-11,14H,12H2,1-3H3. The number of methoxy groups -OCH3 is 3. The minimum Gasteiger partial charge on any atom is -0.493 e. The Kier molecular flexibility index (Phi) is 5.42. The second kappa shape index (κ2) is 8.33. The molecule has 0 radical (unpaired) electrons. The molecular weight excluding hydrogens is 392 g/mol. The summed E-state index contributed by atoms with van der Waals surface area (Å²) in [7, 11) is 4.69. The molecule has 2 aromatic carbocycles. The highest BCUT2D eigenvalue weighted by Crippen LogP contribution is 2.42. The first kappa shape index (κ1) is 20.2. The summed E-state index contributed by atoms with van der Waals surface area (Å²) in [6, 6.07) is 14.9. The van der Waals surface area contributed by atoms with Crippen molar-refractivity contribution in [2.24, 2.45) is 0 Å². The van der Waals surface area contributed by atoms with E-state index in [-0.39, 0.29) is 12.2 Å². The van der Waals surface area contributed by atoms with Crippen LogP contribution in [0.25, 0.3) is 22.8 Å². The summed E-state index contributed by atoms with van der Waals surface area (Å²) in [6.07, 6.45) is 3.82. The summed E-state index contributed by atoms with van der Waals surface area (Å²) >= 11 is 0. The van der Waals surface area contributed by atoms with Gasteiger partial charge in [-0.3, -0.25) is 9.78 Å². The Hall–Kier alpha value is -4.11. The van der Waals surface area contributed by atoms with E-state index in [0.29, 0.717) is 28.4 Å². The fourth-order valence-corrected chi connectivity index (χ4v) is 3.69. The van der Waals surface area contributed by atoms with E-state index >= 15 is 0 Å². The van der Waals surface area contributed by atoms with Crippen LogP contribution < -0.4 is 14.2 Å². The van der Waals surface area contributed by atoms with E-state index < -0.39 is 0 Å². The number of benzene rings is 2. The molecule has 0 amide bonds. The number of ether oxygens (including phenoxy) is 3. The molecule has 1 aromatic heterocycles. The van der Waals surface area contributed by atoms with E-state index in [1.165, 1.54) is 0 Å². The van der Waals surface area contributed by atoms with Gasteiger partial charge in [0.05, 0.1) is 45.1 Å². The number of ketones is 1. The number of nitriles is 1.